The molecule has 0 atom stereocenters. The predicted octanol–water partition coefficient (Wildman–Crippen LogP) is 1.77. The molecular weight excluding hydrogens is 352 g/mol. The third-order valence-electron chi connectivity index (χ3n) is 5.29. The van der Waals surface area contributed by atoms with Crippen molar-refractivity contribution >= 4 is 33.5 Å². The van der Waals surface area contributed by atoms with Crippen LogP contribution in [0.4, 0.5) is 5.82 Å². The summed E-state index contributed by atoms with van der Waals surface area (Å²) in [5.41, 5.74) is 19.1. The lowest BCUT2D eigenvalue weighted by Gasteiger charge is -2.16. The number of aromatic amines is 1. The number of nitrogens with zero attached hydrogens (tertiary/aromatic N) is 4. The van der Waals surface area contributed by atoms with E-state index in [2.05, 4.69) is 49.5 Å². The minimum absolute atomic E-state index is 0.396. The molecule has 5 rings (SSSR count). The Kier molecular flexibility index (Phi) is 4.07. The number of benzene rings is 1. The van der Waals surface area contributed by atoms with Gasteiger partial charge >= 0.3 is 0 Å². The molecule has 8 heteroatoms. The number of aromatic nitrogens is 5. The number of fused-ring (bicyclic) bond motifs is 2. The van der Waals surface area contributed by atoms with E-state index in [1.54, 1.807) is 6.33 Å². The van der Waals surface area contributed by atoms with Gasteiger partial charge in [-0.15, -0.1) is 0 Å². The number of H-pyrrole nitrogens is 1. The van der Waals surface area contributed by atoms with Crippen LogP contribution in [0.3, 0.4) is 0 Å². The Balaban J connectivity index is 1.65. The summed E-state index contributed by atoms with van der Waals surface area (Å²) in [4.78, 5) is 16.3. The van der Waals surface area contributed by atoms with E-state index < -0.39 is 0 Å². The van der Waals surface area contributed by atoms with E-state index in [-0.39, 0.29) is 0 Å². The molecule has 3 aromatic heterocycles. The average Bonchev–Trinajstić information content (AvgIpc) is 3.33. The highest BCUT2D eigenvalue weighted by atomic mass is 15.1. The van der Waals surface area contributed by atoms with Gasteiger partial charge in [-0.05, 0) is 47.9 Å². The number of rotatable bonds is 4. The fourth-order valence-electron chi connectivity index (χ4n) is 3.88. The van der Waals surface area contributed by atoms with E-state index in [0.717, 1.165) is 36.4 Å². The van der Waals surface area contributed by atoms with Crippen molar-refractivity contribution in [1.82, 2.24) is 29.8 Å². The summed E-state index contributed by atoms with van der Waals surface area (Å²) in [6.45, 7) is 3.02. The number of nitrogen functional groups attached to an aromatic ring is 1. The highest BCUT2D eigenvalue weighted by Gasteiger charge is 2.14. The van der Waals surface area contributed by atoms with Crippen molar-refractivity contribution in [2.75, 3.05) is 18.8 Å². The van der Waals surface area contributed by atoms with Crippen molar-refractivity contribution in [3.05, 3.63) is 53.8 Å². The lowest BCUT2D eigenvalue weighted by Crippen LogP contribution is -2.20. The standard InChI is InChI=1S/C20H22N8/c21-8-16-7-14-5-13(12-1-3-23-4-2-12)6-15(17(14)27-16)9-28-11-26-18-19(22)24-10-25-20(18)28/h1,5-7,10-11,23,27H,2-4,8-9,21H2,(H2,22,24,25). The second kappa shape index (κ2) is 6.74. The van der Waals surface area contributed by atoms with Gasteiger partial charge in [-0.2, -0.15) is 0 Å². The van der Waals surface area contributed by atoms with Crippen LogP contribution >= 0.6 is 0 Å². The average molecular weight is 374 g/mol. The first kappa shape index (κ1) is 16.9. The van der Waals surface area contributed by atoms with Crippen LogP contribution < -0.4 is 16.8 Å². The van der Waals surface area contributed by atoms with Crippen molar-refractivity contribution < 1.29 is 0 Å². The van der Waals surface area contributed by atoms with Crippen LogP contribution in [-0.2, 0) is 13.1 Å². The smallest absolute Gasteiger partial charge is 0.165 e. The zero-order valence-electron chi connectivity index (χ0n) is 15.4. The van der Waals surface area contributed by atoms with Gasteiger partial charge in [0.2, 0.25) is 0 Å². The van der Waals surface area contributed by atoms with Crippen LogP contribution in [0.15, 0.2) is 36.9 Å². The molecule has 0 saturated heterocycles. The monoisotopic (exact) mass is 374 g/mol. The number of imidazole rings is 1. The van der Waals surface area contributed by atoms with Gasteiger partial charge in [0.15, 0.2) is 11.5 Å². The largest absolute Gasteiger partial charge is 0.382 e. The quantitative estimate of drug-likeness (QED) is 0.432. The molecule has 0 spiro atoms. The molecule has 6 N–H and O–H groups in total. The van der Waals surface area contributed by atoms with Crippen LogP contribution in [0.1, 0.15) is 23.2 Å². The molecule has 0 radical (unpaired) electrons. The fraction of sp³-hybridized carbons (Fsp3) is 0.250. The second-order valence-corrected chi connectivity index (χ2v) is 7.09. The first-order valence-electron chi connectivity index (χ1n) is 9.39. The number of anilines is 1. The maximum Gasteiger partial charge on any atom is 0.165 e. The van der Waals surface area contributed by atoms with E-state index in [1.165, 1.54) is 28.4 Å². The summed E-state index contributed by atoms with van der Waals surface area (Å²) in [5.74, 6) is 0.396. The van der Waals surface area contributed by atoms with E-state index >= 15 is 0 Å². The zero-order chi connectivity index (χ0) is 19.1. The molecule has 1 aliphatic heterocycles. The van der Waals surface area contributed by atoms with Crippen molar-refractivity contribution in [2.45, 2.75) is 19.5 Å². The lowest BCUT2D eigenvalue weighted by molar-refractivity contribution is 0.738. The normalized spacial score (nSPS) is 14.7. The fourth-order valence-corrected chi connectivity index (χ4v) is 3.88. The molecule has 0 aliphatic carbocycles. The summed E-state index contributed by atoms with van der Waals surface area (Å²) in [5, 5.41) is 4.55. The molecular formula is C20H22N8. The highest BCUT2D eigenvalue weighted by molar-refractivity contribution is 5.88. The van der Waals surface area contributed by atoms with E-state index in [1.807, 2.05) is 4.57 Å². The lowest BCUT2D eigenvalue weighted by atomic mass is 9.96. The number of hydrogen-bond acceptors (Lipinski definition) is 6. The Hall–Kier alpha value is -3.23. The van der Waals surface area contributed by atoms with Crippen LogP contribution in [0.2, 0.25) is 0 Å². The third-order valence-corrected chi connectivity index (χ3v) is 5.29. The minimum Gasteiger partial charge on any atom is -0.382 e. The SMILES string of the molecule is NCc1cc2cc(C3=CCNCC3)cc(Cn3cnc4c(N)ncnc43)c2[nH]1. The van der Waals surface area contributed by atoms with Crippen molar-refractivity contribution in [3.63, 3.8) is 0 Å². The van der Waals surface area contributed by atoms with Gasteiger partial charge < -0.3 is 26.3 Å². The van der Waals surface area contributed by atoms with Gasteiger partial charge in [0.1, 0.15) is 11.8 Å². The summed E-state index contributed by atoms with van der Waals surface area (Å²) in [6.07, 6.45) is 6.54. The summed E-state index contributed by atoms with van der Waals surface area (Å²) >= 11 is 0. The minimum atomic E-state index is 0.396. The molecule has 4 heterocycles. The van der Waals surface area contributed by atoms with Crippen LogP contribution in [0.5, 0.6) is 0 Å². The van der Waals surface area contributed by atoms with Crippen molar-refractivity contribution in [3.8, 4) is 0 Å². The molecule has 0 saturated carbocycles. The van der Waals surface area contributed by atoms with E-state index in [4.69, 9.17) is 11.5 Å². The maximum absolute atomic E-state index is 5.94. The van der Waals surface area contributed by atoms with Gasteiger partial charge in [-0.25, -0.2) is 15.0 Å². The Morgan fingerprint density at radius 2 is 2.07 bits per heavy atom. The molecule has 1 aliphatic rings. The number of nitrogens with two attached hydrogens (primary N) is 2. The van der Waals surface area contributed by atoms with E-state index in [9.17, 15) is 0 Å². The second-order valence-electron chi connectivity index (χ2n) is 7.09. The topological polar surface area (TPSA) is 123 Å². The Morgan fingerprint density at radius 3 is 2.89 bits per heavy atom. The van der Waals surface area contributed by atoms with E-state index in [0.29, 0.717) is 24.4 Å². The summed E-state index contributed by atoms with van der Waals surface area (Å²) in [6, 6.07) is 6.64. The molecule has 4 aromatic rings. The third kappa shape index (κ3) is 2.83. The van der Waals surface area contributed by atoms with Crippen molar-refractivity contribution in [2.24, 2.45) is 5.73 Å². The van der Waals surface area contributed by atoms with Crippen molar-refractivity contribution in [1.29, 1.82) is 0 Å². The summed E-state index contributed by atoms with van der Waals surface area (Å²) < 4.78 is 2.01. The Labute approximate surface area is 161 Å². The molecule has 0 bridgehead atoms. The zero-order valence-corrected chi connectivity index (χ0v) is 15.4. The Bertz CT molecular complexity index is 1200. The molecule has 8 nitrogen and oxygen atoms in total. The molecule has 1 aromatic carbocycles. The van der Waals surface area contributed by atoms with Gasteiger partial charge in [0, 0.05) is 24.2 Å². The Morgan fingerprint density at radius 1 is 1.14 bits per heavy atom. The molecule has 0 amide bonds. The van der Waals surface area contributed by atoms with Crippen LogP contribution in [0.25, 0.3) is 27.6 Å². The molecule has 142 valence electrons. The molecule has 0 fully saturated rings. The maximum atomic E-state index is 5.94. The summed E-state index contributed by atoms with van der Waals surface area (Å²) in [7, 11) is 0. The number of nitrogens with one attached hydrogen (secondary N) is 2. The first-order valence-corrected chi connectivity index (χ1v) is 9.39. The van der Waals surface area contributed by atoms with Gasteiger partial charge in [0.05, 0.1) is 18.4 Å². The molecule has 0 unspecified atom stereocenters. The first-order chi connectivity index (χ1) is 13.7. The van der Waals surface area contributed by atoms with Gasteiger partial charge in [0.25, 0.3) is 0 Å². The van der Waals surface area contributed by atoms with Gasteiger partial charge in [-0.1, -0.05) is 6.08 Å². The van der Waals surface area contributed by atoms with Crippen LogP contribution in [0, 0.1) is 0 Å². The van der Waals surface area contributed by atoms with Gasteiger partial charge in [-0.3, -0.25) is 0 Å². The molecule has 28 heavy (non-hydrogen) atoms. The number of hydrogen-bond donors (Lipinski definition) is 4. The van der Waals surface area contributed by atoms with Crippen LogP contribution in [-0.4, -0.2) is 37.6 Å². The predicted molar refractivity (Wildman–Crippen MR) is 110 cm³/mol. The highest BCUT2D eigenvalue weighted by Crippen LogP contribution is 2.29.